The average Bonchev–Trinajstić information content (AvgIpc) is 3.35. The Morgan fingerprint density at radius 1 is 1.11 bits per heavy atom. The van der Waals surface area contributed by atoms with Crippen molar-refractivity contribution in [1.82, 2.24) is 25.1 Å². The van der Waals surface area contributed by atoms with E-state index in [0.29, 0.717) is 11.5 Å². The van der Waals surface area contributed by atoms with E-state index in [-0.39, 0.29) is 29.5 Å². The van der Waals surface area contributed by atoms with Crippen LogP contribution in [0.25, 0.3) is 11.0 Å². The summed E-state index contributed by atoms with van der Waals surface area (Å²) in [5.41, 5.74) is 2.46. The van der Waals surface area contributed by atoms with Crippen LogP contribution in [0.15, 0.2) is 18.2 Å². The number of hydrogen-bond donors (Lipinski definition) is 2. The number of imidazole rings is 1. The van der Waals surface area contributed by atoms with E-state index in [1.165, 1.54) is 7.11 Å². The Bertz CT molecular complexity index is 1040. The lowest BCUT2D eigenvalue weighted by Gasteiger charge is -2.53. The number of fused-ring (bicyclic) bond motifs is 1. The maximum Gasteiger partial charge on any atom is 0.409 e. The molecule has 8 heteroatoms. The van der Waals surface area contributed by atoms with Gasteiger partial charge in [0.05, 0.1) is 18.2 Å². The normalized spacial score (nSPS) is 18.7. The van der Waals surface area contributed by atoms with E-state index >= 15 is 0 Å². The number of nitrogens with zero attached hydrogens (tertiary/aromatic N) is 3. The number of aromatic nitrogens is 2. The highest BCUT2D eigenvalue weighted by atomic mass is 16.5. The van der Waals surface area contributed by atoms with Crippen molar-refractivity contribution >= 4 is 23.0 Å². The number of benzene rings is 1. The Hall–Kier alpha value is -2.61. The van der Waals surface area contributed by atoms with E-state index in [0.717, 1.165) is 81.6 Å². The number of amides is 2. The first-order valence-electron chi connectivity index (χ1n) is 13.7. The van der Waals surface area contributed by atoms with Crippen molar-refractivity contribution in [2.24, 2.45) is 5.92 Å². The summed E-state index contributed by atoms with van der Waals surface area (Å²) in [6.45, 7) is 12.3. The number of carbonyl (C=O) groups is 2. The van der Waals surface area contributed by atoms with Crippen LogP contribution in [0.5, 0.6) is 0 Å². The number of likely N-dealkylation sites (tertiary alicyclic amines) is 2. The van der Waals surface area contributed by atoms with E-state index in [2.05, 4.69) is 42.9 Å². The molecule has 3 heterocycles. The van der Waals surface area contributed by atoms with Crippen molar-refractivity contribution in [3.05, 3.63) is 29.6 Å². The van der Waals surface area contributed by atoms with E-state index in [4.69, 9.17) is 9.72 Å². The van der Waals surface area contributed by atoms with Gasteiger partial charge >= 0.3 is 6.09 Å². The highest BCUT2D eigenvalue weighted by Gasteiger charge is 2.43. The van der Waals surface area contributed by atoms with Crippen LogP contribution in [0.3, 0.4) is 0 Å². The second-order valence-corrected chi connectivity index (χ2v) is 10.8. The van der Waals surface area contributed by atoms with E-state index in [9.17, 15) is 9.59 Å². The fourth-order valence-corrected chi connectivity index (χ4v) is 6.50. The predicted molar refractivity (Wildman–Crippen MR) is 142 cm³/mol. The molecule has 2 fully saturated rings. The highest BCUT2D eigenvalue weighted by molar-refractivity contribution is 6.05. The summed E-state index contributed by atoms with van der Waals surface area (Å²) in [7, 11) is 1.46. The number of H-pyrrole nitrogens is 1. The molecule has 2 saturated heterocycles. The maximum absolute atomic E-state index is 13.2. The van der Waals surface area contributed by atoms with Gasteiger partial charge in [-0.15, -0.1) is 0 Å². The number of carbonyl (C=O) groups excluding carboxylic acids is 2. The van der Waals surface area contributed by atoms with Gasteiger partial charge in [-0.3, -0.25) is 9.69 Å². The molecular formula is C28H43N5O3. The molecular weight excluding hydrogens is 454 g/mol. The van der Waals surface area contributed by atoms with Gasteiger partial charge in [-0.25, -0.2) is 9.78 Å². The Kier molecular flexibility index (Phi) is 8.23. The van der Waals surface area contributed by atoms with Crippen LogP contribution in [0.1, 0.15) is 88.3 Å². The third-order valence-corrected chi connectivity index (χ3v) is 8.69. The molecule has 0 spiro atoms. The first-order chi connectivity index (χ1) is 17.3. The molecule has 8 nitrogen and oxygen atoms in total. The predicted octanol–water partition coefficient (Wildman–Crippen LogP) is 4.92. The maximum atomic E-state index is 13.2. The summed E-state index contributed by atoms with van der Waals surface area (Å²) in [5.74, 6) is 1.72. The van der Waals surface area contributed by atoms with Gasteiger partial charge < -0.3 is 19.9 Å². The van der Waals surface area contributed by atoms with Gasteiger partial charge in [-0.05, 0) is 56.6 Å². The number of nitrogens with one attached hydrogen (secondary N) is 2. The topological polar surface area (TPSA) is 90.6 Å². The zero-order chi connectivity index (χ0) is 25.9. The molecule has 0 bridgehead atoms. The van der Waals surface area contributed by atoms with Gasteiger partial charge in [0.1, 0.15) is 11.3 Å². The van der Waals surface area contributed by atoms with Gasteiger partial charge in [0.2, 0.25) is 0 Å². The third kappa shape index (κ3) is 5.10. The van der Waals surface area contributed by atoms with Crippen molar-refractivity contribution < 1.29 is 14.3 Å². The summed E-state index contributed by atoms with van der Waals surface area (Å²) >= 11 is 0. The molecule has 2 amide bonds. The quantitative estimate of drug-likeness (QED) is 0.567. The molecule has 0 radical (unpaired) electrons. The number of para-hydroxylation sites is 1. The fourth-order valence-electron chi connectivity index (χ4n) is 6.50. The number of hydrogen-bond acceptors (Lipinski definition) is 5. The molecule has 2 N–H and O–H groups in total. The zero-order valence-electron chi connectivity index (χ0n) is 22.6. The number of piperidine rings is 2. The van der Waals surface area contributed by atoms with Crippen LogP contribution in [0.2, 0.25) is 0 Å². The molecule has 4 rings (SSSR count). The molecule has 2 aliphatic heterocycles. The molecule has 2 aliphatic rings. The monoisotopic (exact) mass is 497 g/mol. The van der Waals surface area contributed by atoms with Crippen molar-refractivity contribution in [1.29, 1.82) is 0 Å². The molecule has 0 aliphatic carbocycles. The summed E-state index contributed by atoms with van der Waals surface area (Å²) in [6.07, 6.45) is 5.91. The van der Waals surface area contributed by atoms with Crippen molar-refractivity contribution in [3.8, 4) is 0 Å². The number of rotatable bonds is 7. The van der Waals surface area contributed by atoms with Crippen LogP contribution in [-0.4, -0.2) is 76.6 Å². The third-order valence-electron chi connectivity index (χ3n) is 8.69. The van der Waals surface area contributed by atoms with Gasteiger partial charge in [0, 0.05) is 43.7 Å². The second-order valence-electron chi connectivity index (χ2n) is 10.8. The van der Waals surface area contributed by atoms with Gasteiger partial charge in [-0.2, -0.15) is 0 Å². The first-order valence-corrected chi connectivity index (χ1v) is 13.7. The Balaban J connectivity index is 1.38. The highest BCUT2D eigenvalue weighted by Crippen LogP contribution is 2.40. The standard InChI is InChI=1S/C28H43N5O3/c1-6-28(7-2,20-11-15-32(16-12-20)27(35)36-5)33-17-13-21(14-18-33)29-26(34)22-9-8-10-23-24(22)31-25(30-23)19(3)4/h8-10,19-21H,6-7,11-18H2,1-5H3,(H,29,34)(H,30,31). The average molecular weight is 498 g/mol. The Labute approximate surface area is 215 Å². The van der Waals surface area contributed by atoms with Gasteiger partial charge in [0.15, 0.2) is 0 Å². The van der Waals surface area contributed by atoms with Gasteiger partial charge in [-0.1, -0.05) is 33.8 Å². The molecule has 1 aromatic heterocycles. The Morgan fingerprint density at radius 2 is 1.78 bits per heavy atom. The minimum atomic E-state index is -0.213. The van der Waals surface area contributed by atoms with E-state index in [1.54, 1.807) is 0 Å². The van der Waals surface area contributed by atoms with Crippen LogP contribution >= 0.6 is 0 Å². The molecule has 2 aromatic rings. The van der Waals surface area contributed by atoms with Crippen molar-refractivity contribution in [3.63, 3.8) is 0 Å². The van der Waals surface area contributed by atoms with Crippen LogP contribution in [0, 0.1) is 5.92 Å². The molecule has 36 heavy (non-hydrogen) atoms. The minimum absolute atomic E-state index is 0.0340. The Morgan fingerprint density at radius 3 is 2.36 bits per heavy atom. The van der Waals surface area contributed by atoms with Crippen LogP contribution in [0.4, 0.5) is 4.79 Å². The molecule has 1 aromatic carbocycles. The summed E-state index contributed by atoms with van der Waals surface area (Å²) in [4.78, 5) is 37.7. The second kappa shape index (κ2) is 11.2. The van der Waals surface area contributed by atoms with Crippen molar-refractivity contribution in [2.75, 3.05) is 33.3 Å². The summed E-state index contributed by atoms with van der Waals surface area (Å²) in [6, 6.07) is 5.94. The number of aromatic amines is 1. The number of methoxy groups -OCH3 is 1. The molecule has 0 saturated carbocycles. The first kappa shape index (κ1) is 26.5. The lowest BCUT2D eigenvalue weighted by molar-refractivity contribution is -0.0201. The summed E-state index contributed by atoms with van der Waals surface area (Å²) in [5, 5.41) is 3.30. The SMILES string of the molecule is CCC(CC)(C1CCN(C(=O)OC)CC1)N1CCC(NC(=O)c2cccc3[nH]c(C(C)C)nc23)CC1. The fraction of sp³-hybridized carbons (Fsp3) is 0.679. The summed E-state index contributed by atoms with van der Waals surface area (Å²) < 4.78 is 4.93. The number of ether oxygens (including phenoxy) is 1. The molecule has 198 valence electrons. The zero-order valence-corrected chi connectivity index (χ0v) is 22.6. The van der Waals surface area contributed by atoms with E-state index in [1.807, 2.05) is 23.1 Å². The van der Waals surface area contributed by atoms with Gasteiger partial charge in [0.25, 0.3) is 5.91 Å². The smallest absolute Gasteiger partial charge is 0.409 e. The van der Waals surface area contributed by atoms with Crippen molar-refractivity contribution in [2.45, 2.75) is 83.7 Å². The lowest BCUT2D eigenvalue weighted by Crippen LogP contribution is -2.59. The molecule has 0 unspecified atom stereocenters. The minimum Gasteiger partial charge on any atom is -0.453 e. The van der Waals surface area contributed by atoms with Crippen LogP contribution in [-0.2, 0) is 4.74 Å². The largest absolute Gasteiger partial charge is 0.453 e. The van der Waals surface area contributed by atoms with E-state index < -0.39 is 0 Å². The molecule has 0 atom stereocenters. The van der Waals surface area contributed by atoms with Crippen LogP contribution < -0.4 is 5.32 Å². The lowest BCUT2D eigenvalue weighted by atomic mass is 9.72.